The molecule has 1 N–H and O–H groups in total. The predicted octanol–water partition coefficient (Wildman–Crippen LogP) is 2.86. The molecule has 1 fully saturated rings. The van der Waals surface area contributed by atoms with Gasteiger partial charge in [0.05, 0.1) is 0 Å². The largest absolute Gasteiger partial charge is 0.340 e. The molecule has 0 saturated carbocycles. The Morgan fingerprint density at radius 3 is 1.85 bits per heavy atom. The first kappa shape index (κ1) is 17.0. The minimum Gasteiger partial charge on any atom is -0.340 e. The van der Waals surface area contributed by atoms with E-state index in [-0.39, 0.29) is 17.9 Å². The van der Waals surface area contributed by atoms with Gasteiger partial charge in [0.1, 0.15) is 11.1 Å². The number of carbonyl (C=O) groups is 2. The Kier molecular flexibility index (Phi) is 5.22. The van der Waals surface area contributed by atoms with Crippen LogP contribution >= 0.6 is 0 Å². The normalized spacial score (nSPS) is 26.1. The number of hydrogen-bond donors (Lipinski definition) is 1. The lowest BCUT2D eigenvalue weighted by atomic mass is 9.79. The van der Waals surface area contributed by atoms with Crippen molar-refractivity contribution in [3.05, 3.63) is 0 Å². The highest BCUT2D eigenvalue weighted by atomic mass is 16.2. The Bertz CT molecular complexity index is 373. The van der Waals surface area contributed by atoms with E-state index in [1.807, 2.05) is 32.6 Å². The van der Waals surface area contributed by atoms with Crippen LogP contribution in [0.1, 0.15) is 73.6 Å². The molecule has 1 atom stereocenters. The SMILES string of the molecule is CCC(CC)N1C(=O)C(C)(CC)NC(=O)C1(CC)CC. The summed E-state index contributed by atoms with van der Waals surface area (Å²) in [7, 11) is 0. The summed E-state index contributed by atoms with van der Waals surface area (Å²) in [6, 6.07) is 0.138. The van der Waals surface area contributed by atoms with Crippen molar-refractivity contribution in [3.63, 3.8) is 0 Å². The Hall–Kier alpha value is -1.06. The highest BCUT2D eigenvalue weighted by Gasteiger charge is 2.55. The van der Waals surface area contributed by atoms with Gasteiger partial charge in [0.25, 0.3) is 0 Å². The molecular weight excluding hydrogens is 252 g/mol. The van der Waals surface area contributed by atoms with E-state index in [2.05, 4.69) is 19.2 Å². The van der Waals surface area contributed by atoms with Gasteiger partial charge in [-0.2, -0.15) is 0 Å². The third-order valence-electron chi connectivity index (χ3n) is 5.15. The zero-order valence-corrected chi connectivity index (χ0v) is 13.9. The highest BCUT2D eigenvalue weighted by molar-refractivity contribution is 6.02. The van der Waals surface area contributed by atoms with Gasteiger partial charge in [0, 0.05) is 6.04 Å². The lowest BCUT2D eigenvalue weighted by Gasteiger charge is -2.54. The van der Waals surface area contributed by atoms with Crippen LogP contribution in [0.5, 0.6) is 0 Å². The molecule has 0 aliphatic carbocycles. The first-order valence-electron chi connectivity index (χ1n) is 8.03. The molecule has 0 spiro atoms. The molecule has 0 aromatic rings. The maximum atomic E-state index is 13.0. The van der Waals surface area contributed by atoms with E-state index in [0.717, 1.165) is 12.8 Å². The molecule has 4 nitrogen and oxygen atoms in total. The lowest BCUT2D eigenvalue weighted by Crippen LogP contribution is -2.76. The molecule has 0 aromatic heterocycles. The van der Waals surface area contributed by atoms with E-state index in [4.69, 9.17) is 0 Å². The molecule has 1 aliphatic rings. The zero-order chi connectivity index (χ0) is 15.6. The second-order valence-electron chi connectivity index (χ2n) is 6.02. The van der Waals surface area contributed by atoms with Gasteiger partial charge in [-0.1, -0.05) is 34.6 Å². The first-order valence-corrected chi connectivity index (χ1v) is 8.03. The van der Waals surface area contributed by atoms with Gasteiger partial charge in [-0.3, -0.25) is 9.59 Å². The number of hydrogen-bond acceptors (Lipinski definition) is 2. The summed E-state index contributed by atoms with van der Waals surface area (Å²) in [6.45, 7) is 12.0. The third kappa shape index (κ3) is 2.33. The highest BCUT2D eigenvalue weighted by Crippen LogP contribution is 2.36. The Labute approximate surface area is 123 Å². The Balaban J connectivity index is 3.38. The van der Waals surface area contributed by atoms with Gasteiger partial charge < -0.3 is 10.2 Å². The van der Waals surface area contributed by atoms with E-state index in [9.17, 15) is 9.59 Å². The van der Waals surface area contributed by atoms with Crippen molar-refractivity contribution in [1.29, 1.82) is 0 Å². The number of nitrogens with zero attached hydrogens (tertiary/aromatic N) is 1. The molecule has 116 valence electrons. The topological polar surface area (TPSA) is 49.4 Å². The van der Waals surface area contributed by atoms with Crippen LogP contribution in [0.2, 0.25) is 0 Å². The second-order valence-corrected chi connectivity index (χ2v) is 6.02. The number of piperazine rings is 1. The summed E-state index contributed by atoms with van der Waals surface area (Å²) in [5, 5.41) is 2.99. The van der Waals surface area contributed by atoms with Crippen LogP contribution in [0, 0.1) is 0 Å². The number of carbonyl (C=O) groups excluding carboxylic acids is 2. The van der Waals surface area contributed by atoms with E-state index >= 15 is 0 Å². The third-order valence-corrected chi connectivity index (χ3v) is 5.15. The first-order chi connectivity index (χ1) is 9.36. The number of rotatable bonds is 6. The van der Waals surface area contributed by atoms with Crippen LogP contribution in [0.25, 0.3) is 0 Å². The summed E-state index contributed by atoms with van der Waals surface area (Å²) in [5.74, 6) is 0.0929. The molecule has 1 aliphatic heterocycles. The van der Waals surface area contributed by atoms with Crippen molar-refractivity contribution in [1.82, 2.24) is 10.2 Å². The van der Waals surface area contributed by atoms with Crippen molar-refractivity contribution in [2.24, 2.45) is 0 Å². The van der Waals surface area contributed by atoms with Crippen molar-refractivity contribution >= 4 is 11.8 Å². The van der Waals surface area contributed by atoms with Gasteiger partial charge in [-0.25, -0.2) is 0 Å². The van der Waals surface area contributed by atoms with E-state index in [1.165, 1.54) is 0 Å². The predicted molar refractivity (Wildman–Crippen MR) is 81.4 cm³/mol. The van der Waals surface area contributed by atoms with Gasteiger partial charge >= 0.3 is 0 Å². The van der Waals surface area contributed by atoms with Crippen LogP contribution in [0.15, 0.2) is 0 Å². The zero-order valence-electron chi connectivity index (χ0n) is 13.9. The molecule has 0 bridgehead atoms. The van der Waals surface area contributed by atoms with Crippen molar-refractivity contribution in [2.45, 2.75) is 90.8 Å². The second kappa shape index (κ2) is 6.15. The molecule has 1 rings (SSSR count). The van der Waals surface area contributed by atoms with Gasteiger partial charge in [-0.05, 0) is 39.0 Å². The number of amides is 2. The van der Waals surface area contributed by atoms with Crippen molar-refractivity contribution in [3.8, 4) is 0 Å². The molecule has 1 unspecified atom stereocenters. The van der Waals surface area contributed by atoms with Crippen molar-refractivity contribution < 1.29 is 9.59 Å². The molecule has 20 heavy (non-hydrogen) atoms. The average Bonchev–Trinajstić information content (AvgIpc) is 2.46. The van der Waals surface area contributed by atoms with Crippen LogP contribution in [-0.4, -0.2) is 33.8 Å². The average molecular weight is 282 g/mol. The van der Waals surface area contributed by atoms with E-state index < -0.39 is 11.1 Å². The van der Waals surface area contributed by atoms with Gasteiger partial charge in [0.15, 0.2) is 0 Å². The smallest absolute Gasteiger partial charge is 0.249 e. The monoisotopic (exact) mass is 282 g/mol. The minimum atomic E-state index is -0.756. The molecule has 4 heteroatoms. The fraction of sp³-hybridized carbons (Fsp3) is 0.875. The maximum Gasteiger partial charge on any atom is 0.249 e. The quantitative estimate of drug-likeness (QED) is 0.814. The lowest BCUT2D eigenvalue weighted by molar-refractivity contribution is -0.167. The molecule has 2 amide bonds. The maximum absolute atomic E-state index is 13.0. The van der Waals surface area contributed by atoms with E-state index in [1.54, 1.807) is 0 Å². The van der Waals surface area contributed by atoms with Gasteiger partial charge in [-0.15, -0.1) is 0 Å². The molecule has 0 radical (unpaired) electrons. The van der Waals surface area contributed by atoms with E-state index in [0.29, 0.717) is 19.3 Å². The molecule has 1 heterocycles. The molecule has 1 saturated heterocycles. The van der Waals surface area contributed by atoms with Crippen molar-refractivity contribution in [2.75, 3.05) is 0 Å². The molecular formula is C16H30N2O2. The summed E-state index contributed by atoms with van der Waals surface area (Å²) >= 11 is 0. The fourth-order valence-corrected chi connectivity index (χ4v) is 3.31. The summed E-state index contributed by atoms with van der Waals surface area (Å²) in [4.78, 5) is 27.7. The number of nitrogens with one attached hydrogen (secondary N) is 1. The molecule has 0 aromatic carbocycles. The van der Waals surface area contributed by atoms with Gasteiger partial charge in [0.2, 0.25) is 11.8 Å². The van der Waals surface area contributed by atoms with Crippen LogP contribution in [0.4, 0.5) is 0 Å². The summed E-state index contributed by atoms with van der Waals surface area (Å²) in [5.41, 5.74) is -1.43. The van der Waals surface area contributed by atoms with Crippen LogP contribution in [-0.2, 0) is 9.59 Å². The Morgan fingerprint density at radius 2 is 1.50 bits per heavy atom. The summed E-state index contributed by atoms with van der Waals surface area (Å²) in [6.07, 6.45) is 3.72. The van der Waals surface area contributed by atoms with Crippen LogP contribution < -0.4 is 5.32 Å². The summed E-state index contributed by atoms with van der Waals surface area (Å²) < 4.78 is 0. The Morgan fingerprint density at radius 1 is 1.00 bits per heavy atom. The van der Waals surface area contributed by atoms with Crippen LogP contribution in [0.3, 0.4) is 0 Å². The fourth-order valence-electron chi connectivity index (χ4n) is 3.31. The standard InChI is InChI=1S/C16H30N2O2/c1-7-12(8-2)18-14(20)15(6,9-3)17-13(19)16(18,10-4)11-5/h12H,7-11H2,1-6H3,(H,17,19). The minimum absolute atomic E-state index is 0.0124.